The van der Waals surface area contributed by atoms with Crippen LogP contribution < -0.4 is 44.8 Å². The van der Waals surface area contributed by atoms with E-state index in [0.717, 1.165) is 30.3 Å². The smallest absolute Gasteiger partial charge is 0.744 e. The molecular weight excluding hydrogens is 832 g/mol. The number of nitrogen functional groups attached to an aromatic ring is 1. The molecule has 0 amide bonds. The molecule has 0 saturated heterocycles. The van der Waals surface area contributed by atoms with Crippen molar-refractivity contribution in [2.75, 3.05) is 20.0 Å². The molecule has 0 unspecified atom stereocenters. The number of non-ortho nitro benzene ring substituents is 1. The van der Waals surface area contributed by atoms with Crippen LogP contribution in [0.1, 0.15) is 20.7 Å². The van der Waals surface area contributed by atoms with Crippen LogP contribution in [0, 0.1) is 10.1 Å². The third kappa shape index (κ3) is 9.59. The number of rotatable bonds is 13. The zero-order chi connectivity index (χ0) is 43.5. The van der Waals surface area contributed by atoms with Crippen molar-refractivity contribution >= 4 is 78.3 Å². The molecule has 6 aromatic carbocycles. The molecule has 23 heteroatoms. The molecule has 0 fully saturated rings. The van der Waals surface area contributed by atoms with Crippen molar-refractivity contribution in [1.29, 1.82) is 0 Å². The number of nitro groups is 1. The van der Waals surface area contributed by atoms with Gasteiger partial charge in [0.25, 0.3) is 5.69 Å². The van der Waals surface area contributed by atoms with Crippen LogP contribution in [0.25, 0.3) is 21.9 Å². The van der Waals surface area contributed by atoms with Gasteiger partial charge in [-0.05, 0) is 77.9 Å². The largest absolute Gasteiger partial charge is 1.00 e. The fourth-order valence-electron chi connectivity index (χ4n) is 5.67. The molecule has 61 heavy (non-hydrogen) atoms. The summed E-state index contributed by atoms with van der Waals surface area (Å²) in [7, 11) is -2.65. The molecule has 21 nitrogen and oxygen atoms in total. The number of ether oxygens (including phenoxy) is 2. The molecular formula is C38H27N8NaO13S. The number of nitrogens with zero attached hydrogens (tertiary/aromatic N) is 7. The molecule has 0 aliphatic rings. The topological polar surface area (TPSA) is 334 Å². The van der Waals surface area contributed by atoms with Crippen LogP contribution in [0.15, 0.2) is 127 Å². The number of carbonyl (C=O) groups is 2. The Labute approximate surface area is 365 Å². The minimum Gasteiger partial charge on any atom is -0.744 e. The van der Waals surface area contributed by atoms with E-state index in [-0.39, 0.29) is 91.5 Å². The van der Waals surface area contributed by atoms with Crippen molar-refractivity contribution in [3.8, 4) is 34.1 Å². The number of carboxylic acids is 2. The van der Waals surface area contributed by atoms with Crippen LogP contribution in [0.4, 0.5) is 45.5 Å². The maximum absolute atomic E-state index is 12.6. The van der Waals surface area contributed by atoms with Crippen molar-refractivity contribution < 1.29 is 86.9 Å². The molecule has 0 aromatic heterocycles. The van der Waals surface area contributed by atoms with E-state index >= 15 is 0 Å². The summed E-state index contributed by atoms with van der Waals surface area (Å²) in [6.45, 7) is 0. The van der Waals surface area contributed by atoms with E-state index in [2.05, 4.69) is 30.7 Å². The summed E-state index contributed by atoms with van der Waals surface area (Å²) in [6, 6.07) is 19.5. The van der Waals surface area contributed by atoms with Gasteiger partial charge in [-0.15, -0.1) is 25.6 Å². The van der Waals surface area contributed by atoms with Gasteiger partial charge in [-0.2, -0.15) is 5.11 Å². The van der Waals surface area contributed by atoms with Crippen LogP contribution in [0.5, 0.6) is 23.0 Å². The van der Waals surface area contributed by atoms with E-state index < -0.39 is 60.3 Å². The number of azo groups is 3. The average Bonchev–Trinajstić information content (AvgIpc) is 3.21. The van der Waals surface area contributed by atoms with E-state index in [1.54, 1.807) is 30.3 Å². The summed E-state index contributed by atoms with van der Waals surface area (Å²) in [4.78, 5) is 32.5. The third-order valence-corrected chi connectivity index (χ3v) is 9.47. The number of benzene rings is 6. The summed E-state index contributed by atoms with van der Waals surface area (Å²) in [5.41, 5.74) is 4.88. The van der Waals surface area contributed by atoms with Crippen LogP contribution in [0.2, 0.25) is 0 Å². The number of nitrogens with two attached hydrogens (primary N) is 1. The second-order valence-corrected chi connectivity index (χ2v) is 13.6. The number of hydrogen-bond donors (Lipinski definition) is 5. The first kappa shape index (κ1) is 44.7. The molecule has 0 aliphatic carbocycles. The summed E-state index contributed by atoms with van der Waals surface area (Å²) >= 11 is 0. The van der Waals surface area contributed by atoms with Crippen molar-refractivity contribution in [2.24, 2.45) is 30.7 Å². The maximum atomic E-state index is 12.6. The van der Waals surface area contributed by atoms with E-state index in [1.807, 2.05) is 0 Å². The fraction of sp³-hybridized carbons (Fsp3) is 0.0526. The molecule has 0 atom stereocenters. The molecule has 6 N–H and O–H groups in total. The third-order valence-electron chi connectivity index (χ3n) is 8.62. The summed E-state index contributed by atoms with van der Waals surface area (Å²) < 4.78 is 48.7. The fourth-order valence-corrected chi connectivity index (χ4v) is 6.31. The Morgan fingerprint density at radius 1 is 0.672 bits per heavy atom. The number of phenolic OH excluding ortho intramolecular Hbond substituents is 1. The molecule has 0 spiro atoms. The maximum Gasteiger partial charge on any atom is 1.00 e. The predicted octanol–water partition coefficient (Wildman–Crippen LogP) is 5.98. The number of hydrogen-bond acceptors (Lipinski definition) is 18. The van der Waals surface area contributed by atoms with Crippen molar-refractivity contribution in [2.45, 2.75) is 4.90 Å². The van der Waals surface area contributed by atoms with Gasteiger partial charge in [-0.1, -0.05) is 12.1 Å². The van der Waals surface area contributed by atoms with Gasteiger partial charge in [0.2, 0.25) is 0 Å². The minimum atomic E-state index is -5.38. The van der Waals surface area contributed by atoms with Gasteiger partial charge in [-0.3, -0.25) is 10.1 Å². The Balaban J connectivity index is 0.00000704. The van der Waals surface area contributed by atoms with Gasteiger partial charge >= 0.3 is 41.5 Å². The molecule has 0 bridgehead atoms. The van der Waals surface area contributed by atoms with Crippen LogP contribution in [0.3, 0.4) is 0 Å². The summed E-state index contributed by atoms with van der Waals surface area (Å²) in [6.07, 6.45) is 0. The quantitative estimate of drug-likeness (QED) is 0.0223. The Kier molecular flexibility index (Phi) is 13.4. The molecule has 6 rings (SSSR count). The standard InChI is InChI=1S/C38H28N8O13S.Na/c1-58-31-13-18(3-9-28(31)42-40-20-5-12-30(47)25(15-20)38(51)52)19-4-10-29(32(14-19)59-2)43-45-35-33(60(55,56)57)17-23-22(36(35)48)7-8-26(39)34(23)44-41-27-11-6-21(46(53)54)16-24(27)37(49)50;/h3-17,47-48H,39H2,1-2H3,(H,49,50)(H,51,52)(H,55,56,57);/q;+1/p-1. The molecule has 6 aromatic rings. The zero-order valence-electron chi connectivity index (χ0n) is 31.7. The number of anilines is 1. The molecule has 0 aliphatic heterocycles. The van der Waals surface area contributed by atoms with Crippen LogP contribution in [-0.2, 0) is 10.1 Å². The van der Waals surface area contributed by atoms with Crippen LogP contribution in [-0.4, -0.2) is 64.5 Å². The first-order valence-electron chi connectivity index (χ1n) is 16.7. The second-order valence-electron chi connectivity index (χ2n) is 12.3. The number of methoxy groups -OCH3 is 2. The molecule has 0 heterocycles. The number of carboxylic acid groups (broad SMARTS) is 2. The molecule has 0 saturated carbocycles. The van der Waals surface area contributed by atoms with Gasteiger partial charge < -0.3 is 40.2 Å². The Morgan fingerprint density at radius 3 is 1.79 bits per heavy atom. The molecule has 0 radical (unpaired) electrons. The van der Waals surface area contributed by atoms with Gasteiger partial charge in [0.1, 0.15) is 61.4 Å². The van der Waals surface area contributed by atoms with Gasteiger partial charge in [0, 0.05) is 22.9 Å². The predicted molar refractivity (Wildman–Crippen MR) is 211 cm³/mol. The average molecular weight is 859 g/mol. The van der Waals surface area contributed by atoms with Gasteiger partial charge in [0.15, 0.2) is 5.75 Å². The van der Waals surface area contributed by atoms with Gasteiger partial charge in [0.05, 0.1) is 41.0 Å². The summed E-state index contributed by atoms with van der Waals surface area (Å²) in [5.74, 6) is -3.71. The zero-order valence-corrected chi connectivity index (χ0v) is 34.6. The monoisotopic (exact) mass is 858 g/mol. The van der Waals surface area contributed by atoms with Crippen molar-refractivity contribution in [1.82, 2.24) is 0 Å². The normalized spacial score (nSPS) is 11.6. The number of nitro benzene ring substituents is 1. The number of aromatic hydroxyl groups is 2. The van der Waals surface area contributed by atoms with Crippen molar-refractivity contribution in [3.05, 3.63) is 112 Å². The second kappa shape index (κ2) is 18.3. The van der Waals surface area contributed by atoms with E-state index in [0.29, 0.717) is 11.1 Å². The minimum absolute atomic E-state index is 0. The number of aromatic carboxylic acids is 2. The first-order chi connectivity index (χ1) is 28.5. The first-order valence-corrected chi connectivity index (χ1v) is 18.1. The Bertz CT molecular complexity index is 2980. The summed E-state index contributed by atoms with van der Waals surface area (Å²) in [5, 5.41) is 74.8. The number of phenols is 2. The Morgan fingerprint density at radius 2 is 1.23 bits per heavy atom. The van der Waals surface area contributed by atoms with E-state index in [1.165, 1.54) is 44.6 Å². The van der Waals surface area contributed by atoms with E-state index in [9.17, 15) is 53.1 Å². The van der Waals surface area contributed by atoms with Crippen LogP contribution >= 0.6 is 0 Å². The number of fused-ring (bicyclic) bond motifs is 1. The SMILES string of the molecule is COc1cc(-c2ccc(N=Nc3c(S(=O)(=O)[O-])cc4c(N=Nc5ccc([N+](=O)[O-])cc5C(=O)O)c(N)ccc4c3O)c(OC)c2)ccc1N=Nc1ccc(O)c(C(=O)O)c1.[Na+]. The van der Waals surface area contributed by atoms with Crippen molar-refractivity contribution in [3.63, 3.8) is 0 Å². The molecule has 304 valence electrons. The van der Waals surface area contributed by atoms with Gasteiger partial charge in [-0.25, -0.2) is 18.0 Å². The Hall–Kier alpha value is -7.37. The van der Waals surface area contributed by atoms with E-state index in [4.69, 9.17) is 15.2 Å².